The minimum absolute atomic E-state index is 0.0456. The number of benzene rings is 2. The van der Waals surface area contributed by atoms with Gasteiger partial charge in [-0.2, -0.15) is 13.2 Å². The Labute approximate surface area is 187 Å². The van der Waals surface area contributed by atoms with E-state index in [1.54, 1.807) is 43.5 Å². The molecule has 0 bridgehead atoms. The van der Waals surface area contributed by atoms with Crippen LogP contribution in [0.1, 0.15) is 39.7 Å². The first-order valence-corrected chi connectivity index (χ1v) is 10.1. The standard InChI is InChI=1S/C24H19F4N3O2/c1-14-5-6-18(19(25)8-14)15-9-16(11-17(10-15)23(32)30-13-24(26,27)28)21-12-22(33-31-21)20-4-2-3-7-29-20/h2-11,22H,12-13H2,1H3,(H,30,32). The molecule has 3 aromatic rings. The van der Waals surface area contributed by atoms with E-state index < -0.39 is 30.5 Å². The van der Waals surface area contributed by atoms with E-state index in [2.05, 4.69) is 10.1 Å². The molecule has 0 aliphatic carbocycles. The number of carbonyl (C=O) groups is 1. The van der Waals surface area contributed by atoms with Gasteiger partial charge >= 0.3 is 6.18 Å². The molecule has 0 saturated carbocycles. The quantitative estimate of drug-likeness (QED) is 0.525. The molecule has 0 spiro atoms. The van der Waals surface area contributed by atoms with Gasteiger partial charge in [0.05, 0.1) is 11.4 Å². The number of nitrogens with one attached hydrogen (secondary N) is 1. The zero-order valence-electron chi connectivity index (χ0n) is 17.5. The Kier molecular flexibility index (Phi) is 6.13. The number of aryl methyl sites for hydroxylation is 1. The fourth-order valence-electron chi connectivity index (χ4n) is 3.49. The summed E-state index contributed by atoms with van der Waals surface area (Å²) in [7, 11) is 0. The summed E-state index contributed by atoms with van der Waals surface area (Å²) in [5.41, 5.74) is 2.81. The molecule has 1 aromatic heterocycles. The lowest BCUT2D eigenvalue weighted by Gasteiger charge is -2.12. The van der Waals surface area contributed by atoms with Crippen LogP contribution >= 0.6 is 0 Å². The fraction of sp³-hybridized carbons (Fsp3) is 0.208. The first-order valence-electron chi connectivity index (χ1n) is 10.1. The van der Waals surface area contributed by atoms with Crippen molar-refractivity contribution in [3.05, 3.63) is 89.0 Å². The zero-order valence-corrected chi connectivity index (χ0v) is 17.5. The van der Waals surface area contributed by atoms with Crippen LogP contribution in [-0.4, -0.2) is 29.3 Å². The molecule has 1 aliphatic heterocycles. The summed E-state index contributed by atoms with van der Waals surface area (Å²) in [5.74, 6) is -1.44. The molecule has 0 radical (unpaired) electrons. The summed E-state index contributed by atoms with van der Waals surface area (Å²) in [5, 5.41) is 5.95. The number of carbonyl (C=O) groups excluding carboxylic acids is 1. The lowest BCUT2D eigenvalue weighted by atomic mass is 9.94. The first kappa shape index (κ1) is 22.4. The predicted octanol–water partition coefficient (Wildman–Crippen LogP) is 5.35. The van der Waals surface area contributed by atoms with E-state index in [4.69, 9.17) is 4.84 Å². The lowest BCUT2D eigenvalue weighted by molar-refractivity contribution is -0.123. The van der Waals surface area contributed by atoms with Crippen LogP contribution in [0.3, 0.4) is 0 Å². The number of pyridine rings is 1. The molecule has 2 heterocycles. The first-order chi connectivity index (χ1) is 15.7. The summed E-state index contributed by atoms with van der Waals surface area (Å²) in [4.78, 5) is 22.2. The van der Waals surface area contributed by atoms with Crippen LogP contribution < -0.4 is 5.32 Å². The maximum atomic E-state index is 14.7. The SMILES string of the molecule is Cc1ccc(-c2cc(C(=O)NCC(F)(F)F)cc(C3=NOC(c4ccccn4)C3)c2)c(F)c1. The summed E-state index contributed by atoms with van der Waals surface area (Å²) >= 11 is 0. The van der Waals surface area contributed by atoms with Crippen LogP contribution in [0.4, 0.5) is 17.6 Å². The zero-order chi connectivity index (χ0) is 23.6. The van der Waals surface area contributed by atoms with Crippen LogP contribution in [-0.2, 0) is 4.84 Å². The number of oxime groups is 1. The Balaban J connectivity index is 1.69. The van der Waals surface area contributed by atoms with Crippen molar-refractivity contribution in [2.24, 2.45) is 5.16 Å². The Bertz CT molecular complexity index is 1210. The van der Waals surface area contributed by atoms with Gasteiger partial charge < -0.3 is 10.2 Å². The number of halogens is 4. The molecule has 33 heavy (non-hydrogen) atoms. The van der Waals surface area contributed by atoms with Crippen molar-refractivity contribution in [2.75, 3.05) is 6.54 Å². The van der Waals surface area contributed by atoms with E-state index in [1.807, 2.05) is 11.4 Å². The van der Waals surface area contributed by atoms with Crippen LogP contribution in [0.2, 0.25) is 0 Å². The number of nitrogens with zero attached hydrogens (tertiary/aromatic N) is 2. The van der Waals surface area contributed by atoms with Crippen molar-refractivity contribution in [1.29, 1.82) is 0 Å². The monoisotopic (exact) mass is 457 g/mol. The average molecular weight is 457 g/mol. The molecule has 1 amide bonds. The van der Waals surface area contributed by atoms with E-state index in [9.17, 15) is 22.4 Å². The molecular weight excluding hydrogens is 438 g/mol. The molecule has 2 aromatic carbocycles. The van der Waals surface area contributed by atoms with Gasteiger partial charge in [0, 0.05) is 29.3 Å². The maximum absolute atomic E-state index is 14.7. The van der Waals surface area contributed by atoms with E-state index in [0.717, 1.165) is 0 Å². The molecule has 1 N–H and O–H groups in total. The van der Waals surface area contributed by atoms with E-state index in [0.29, 0.717) is 34.5 Å². The summed E-state index contributed by atoms with van der Waals surface area (Å²) < 4.78 is 52.4. The van der Waals surface area contributed by atoms with Crippen molar-refractivity contribution in [3.8, 4) is 11.1 Å². The van der Waals surface area contributed by atoms with Crippen LogP contribution in [0.15, 0.2) is 65.9 Å². The van der Waals surface area contributed by atoms with Crippen LogP contribution in [0.5, 0.6) is 0 Å². The van der Waals surface area contributed by atoms with Crippen LogP contribution in [0.25, 0.3) is 11.1 Å². The Morgan fingerprint density at radius 1 is 1.12 bits per heavy atom. The molecular formula is C24H19F4N3O2. The Hall–Kier alpha value is -3.75. The van der Waals surface area contributed by atoms with Crippen molar-refractivity contribution < 1.29 is 27.2 Å². The van der Waals surface area contributed by atoms with Gasteiger partial charge in [-0.25, -0.2) is 4.39 Å². The lowest BCUT2D eigenvalue weighted by Crippen LogP contribution is -2.33. The van der Waals surface area contributed by atoms with Gasteiger partial charge in [0.2, 0.25) is 0 Å². The molecule has 0 fully saturated rings. The topological polar surface area (TPSA) is 63.6 Å². The molecule has 1 atom stereocenters. The highest BCUT2D eigenvalue weighted by Gasteiger charge is 2.29. The molecule has 9 heteroatoms. The van der Waals surface area contributed by atoms with Gasteiger partial charge in [0.25, 0.3) is 5.91 Å². The third-order valence-corrected chi connectivity index (χ3v) is 5.10. The van der Waals surface area contributed by atoms with Crippen molar-refractivity contribution in [2.45, 2.75) is 25.6 Å². The number of rotatable bonds is 5. The summed E-state index contributed by atoms with van der Waals surface area (Å²) in [6.07, 6.45) is -3.04. The van der Waals surface area contributed by atoms with Gasteiger partial charge in [0.1, 0.15) is 12.4 Å². The summed E-state index contributed by atoms with van der Waals surface area (Å²) in [6, 6.07) is 14.4. The third-order valence-electron chi connectivity index (χ3n) is 5.10. The van der Waals surface area contributed by atoms with Gasteiger partial charge in [-0.15, -0.1) is 0 Å². The van der Waals surface area contributed by atoms with E-state index >= 15 is 0 Å². The van der Waals surface area contributed by atoms with Crippen molar-refractivity contribution in [1.82, 2.24) is 10.3 Å². The second-order valence-electron chi connectivity index (χ2n) is 7.67. The van der Waals surface area contributed by atoms with Gasteiger partial charge in [-0.05, 0) is 54.4 Å². The number of hydrogen-bond acceptors (Lipinski definition) is 4. The Morgan fingerprint density at radius 3 is 2.61 bits per heavy atom. The number of hydrogen-bond donors (Lipinski definition) is 1. The number of amides is 1. The molecule has 5 nitrogen and oxygen atoms in total. The third kappa shape index (κ3) is 5.36. The molecule has 4 rings (SSSR count). The average Bonchev–Trinajstić information content (AvgIpc) is 3.28. The van der Waals surface area contributed by atoms with Crippen LogP contribution in [0, 0.1) is 12.7 Å². The normalized spacial score (nSPS) is 15.7. The molecule has 1 aliphatic rings. The van der Waals surface area contributed by atoms with E-state index in [1.165, 1.54) is 18.2 Å². The van der Waals surface area contributed by atoms with Gasteiger partial charge in [-0.3, -0.25) is 9.78 Å². The minimum atomic E-state index is -4.56. The number of aromatic nitrogens is 1. The smallest absolute Gasteiger partial charge is 0.385 e. The largest absolute Gasteiger partial charge is 0.405 e. The highest BCUT2D eigenvalue weighted by molar-refractivity contribution is 6.05. The van der Waals surface area contributed by atoms with E-state index in [-0.39, 0.29) is 11.1 Å². The fourth-order valence-corrected chi connectivity index (χ4v) is 3.49. The molecule has 0 saturated heterocycles. The molecule has 1 unspecified atom stereocenters. The Morgan fingerprint density at radius 2 is 1.91 bits per heavy atom. The summed E-state index contributed by atoms with van der Waals surface area (Å²) in [6.45, 7) is 0.262. The highest BCUT2D eigenvalue weighted by Crippen LogP contribution is 2.31. The van der Waals surface area contributed by atoms with Gasteiger partial charge in [0.15, 0.2) is 6.10 Å². The predicted molar refractivity (Wildman–Crippen MR) is 114 cm³/mol. The highest BCUT2D eigenvalue weighted by atomic mass is 19.4. The second-order valence-corrected chi connectivity index (χ2v) is 7.67. The second kappa shape index (κ2) is 9.01. The molecule has 170 valence electrons. The minimum Gasteiger partial charge on any atom is -0.385 e. The van der Waals surface area contributed by atoms with Gasteiger partial charge in [-0.1, -0.05) is 23.4 Å². The number of alkyl halides is 3. The van der Waals surface area contributed by atoms with Crippen molar-refractivity contribution in [3.63, 3.8) is 0 Å². The van der Waals surface area contributed by atoms with Crippen molar-refractivity contribution >= 4 is 11.6 Å². The maximum Gasteiger partial charge on any atom is 0.405 e.